The molecule has 1 atom stereocenters. The Morgan fingerprint density at radius 1 is 1.31 bits per heavy atom. The van der Waals surface area contributed by atoms with E-state index < -0.39 is 11.1 Å². The van der Waals surface area contributed by atoms with Gasteiger partial charge >= 0.3 is 11.7 Å². The summed E-state index contributed by atoms with van der Waals surface area (Å²) in [6, 6.07) is 0. The summed E-state index contributed by atoms with van der Waals surface area (Å²) < 4.78 is 14.3. The van der Waals surface area contributed by atoms with E-state index in [0.717, 1.165) is 36.1 Å². The van der Waals surface area contributed by atoms with Gasteiger partial charge in [-0.15, -0.1) is 11.3 Å². The number of thiophene rings is 1. The highest BCUT2D eigenvalue weighted by Crippen LogP contribution is 2.41. The fourth-order valence-corrected chi connectivity index (χ4v) is 5.52. The molecule has 0 unspecified atom stereocenters. The van der Waals surface area contributed by atoms with Crippen molar-refractivity contribution in [3.63, 3.8) is 0 Å². The third kappa shape index (κ3) is 4.56. The molecule has 2 aliphatic rings. The van der Waals surface area contributed by atoms with Gasteiger partial charge in [0.1, 0.15) is 10.4 Å². The van der Waals surface area contributed by atoms with Gasteiger partial charge in [0, 0.05) is 18.0 Å². The number of carbonyl (C=O) groups excluding carboxylic acids is 1. The lowest BCUT2D eigenvalue weighted by molar-refractivity contribution is -0.153. The average Bonchev–Trinajstić information content (AvgIpc) is 3.09. The Kier molecular flexibility index (Phi) is 6.11. The van der Waals surface area contributed by atoms with E-state index in [-0.39, 0.29) is 29.9 Å². The number of fused-ring (bicyclic) bond motifs is 1. The second kappa shape index (κ2) is 8.43. The van der Waals surface area contributed by atoms with Crippen molar-refractivity contribution < 1.29 is 14.3 Å². The third-order valence-electron chi connectivity index (χ3n) is 6.21. The molecule has 1 aliphatic heterocycles. The normalized spacial score (nSPS) is 20.1. The molecule has 0 amide bonds. The summed E-state index contributed by atoms with van der Waals surface area (Å²) in [5, 5.41) is 3.73. The molecule has 0 radical (unpaired) electrons. The summed E-state index contributed by atoms with van der Waals surface area (Å²) in [6.07, 6.45) is 3.56. The fourth-order valence-electron chi connectivity index (χ4n) is 4.25. The van der Waals surface area contributed by atoms with Crippen LogP contribution < -0.4 is 16.6 Å². The van der Waals surface area contributed by atoms with Gasteiger partial charge in [0.25, 0.3) is 5.56 Å². The van der Waals surface area contributed by atoms with E-state index in [1.165, 1.54) is 15.9 Å². The standard InChI is InChI=1S/C23H33N3O5S/c1-14-16(11-24-12-17(27)31-22(2,3)4)32-20-18(14)19(28)26(23(5)8-9-23)21(29)25(20)13-15-7-6-10-30-15/h15,24H,6-13H2,1-5H3/t15-/m1/s1. The lowest BCUT2D eigenvalue weighted by Crippen LogP contribution is -2.45. The molecule has 0 bridgehead atoms. The molecule has 1 saturated heterocycles. The molecule has 0 aromatic carbocycles. The second-order valence-corrected chi connectivity index (χ2v) is 11.3. The van der Waals surface area contributed by atoms with Crippen molar-refractivity contribution >= 4 is 27.5 Å². The minimum Gasteiger partial charge on any atom is -0.459 e. The van der Waals surface area contributed by atoms with Crippen molar-refractivity contribution in [3.8, 4) is 0 Å². The number of nitrogens with one attached hydrogen (secondary N) is 1. The predicted molar refractivity (Wildman–Crippen MR) is 124 cm³/mol. The van der Waals surface area contributed by atoms with Crippen LogP contribution in [0.3, 0.4) is 0 Å². The van der Waals surface area contributed by atoms with Crippen LogP contribution in [0.1, 0.15) is 63.8 Å². The number of nitrogens with zero attached hydrogens (tertiary/aromatic N) is 2. The third-order valence-corrected chi connectivity index (χ3v) is 7.52. The van der Waals surface area contributed by atoms with E-state index >= 15 is 0 Å². The molecular weight excluding hydrogens is 430 g/mol. The molecule has 9 heteroatoms. The van der Waals surface area contributed by atoms with Crippen molar-refractivity contribution in [2.45, 2.75) is 90.6 Å². The number of rotatable bonds is 7. The first kappa shape index (κ1) is 23.2. The van der Waals surface area contributed by atoms with E-state index in [1.54, 1.807) is 4.57 Å². The quantitative estimate of drug-likeness (QED) is 0.635. The Labute approximate surface area is 191 Å². The number of esters is 1. The summed E-state index contributed by atoms with van der Waals surface area (Å²) in [5.41, 5.74) is -0.516. The highest BCUT2D eigenvalue weighted by atomic mass is 32.1. The molecule has 1 N–H and O–H groups in total. The monoisotopic (exact) mass is 463 g/mol. The van der Waals surface area contributed by atoms with Gasteiger partial charge in [-0.05, 0) is 65.9 Å². The fraction of sp³-hybridized carbons (Fsp3) is 0.696. The van der Waals surface area contributed by atoms with Crippen molar-refractivity contribution in [1.82, 2.24) is 14.5 Å². The van der Waals surface area contributed by atoms with Crippen LogP contribution in [0.2, 0.25) is 0 Å². The molecule has 1 saturated carbocycles. The molecule has 8 nitrogen and oxygen atoms in total. The zero-order valence-corrected chi connectivity index (χ0v) is 20.4. The highest BCUT2D eigenvalue weighted by molar-refractivity contribution is 7.18. The van der Waals surface area contributed by atoms with E-state index in [0.29, 0.717) is 29.9 Å². The Morgan fingerprint density at radius 3 is 2.62 bits per heavy atom. The van der Waals surface area contributed by atoms with Crippen LogP contribution in [0.5, 0.6) is 0 Å². The average molecular weight is 464 g/mol. The molecule has 176 valence electrons. The van der Waals surface area contributed by atoms with Gasteiger partial charge in [0.05, 0.1) is 30.1 Å². The SMILES string of the molecule is Cc1c(CNCC(=O)OC(C)(C)C)sc2c1c(=O)n(C1(C)CC1)c(=O)n2C[C@H]1CCCO1. The summed E-state index contributed by atoms with van der Waals surface area (Å²) in [4.78, 5) is 40.5. The zero-order chi connectivity index (χ0) is 23.3. The molecule has 2 aromatic rings. The topological polar surface area (TPSA) is 91.6 Å². The van der Waals surface area contributed by atoms with Gasteiger partial charge in [-0.1, -0.05) is 0 Å². The molecular formula is C23H33N3O5S. The Hall–Kier alpha value is -1.97. The van der Waals surface area contributed by atoms with E-state index in [1.807, 2.05) is 34.6 Å². The van der Waals surface area contributed by atoms with Gasteiger partial charge in [-0.25, -0.2) is 4.79 Å². The first-order chi connectivity index (χ1) is 15.0. The molecule has 1 aliphatic carbocycles. The zero-order valence-electron chi connectivity index (χ0n) is 19.6. The summed E-state index contributed by atoms with van der Waals surface area (Å²) in [7, 11) is 0. The number of hydrogen-bond acceptors (Lipinski definition) is 7. The number of carbonyl (C=O) groups is 1. The van der Waals surface area contributed by atoms with Crippen LogP contribution in [-0.2, 0) is 32.9 Å². The van der Waals surface area contributed by atoms with Crippen LogP contribution in [0, 0.1) is 6.92 Å². The van der Waals surface area contributed by atoms with Crippen LogP contribution in [0.25, 0.3) is 10.2 Å². The Morgan fingerprint density at radius 2 is 2.03 bits per heavy atom. The Bertz CT molecular complexity index is 1140. The minimum atomic E-state index is -0.533. The van der Waals surface area contributed by atoms with Crippen molar-refractivity contribution in [1.29, 1.82) is 0 Å². The van der Waals surface area contributed by atoms with Gasteiger partial charge in [-0.3, -0.25) is 18.7 Å². The van der Waals surface area contributed by atoms with E-state index in [4.69, 9.17) is 9.47 Å². The summed E-state index contributed by atoms with van der Waals surface area (Å²) in [6.45, 7) is 11.1. The number of aryl methyl sites for hydroxylation is 1. The minimum absolute atomic E-state index is 0.00925. The first-order valence-corrected chi connectivity index (χ1v) is 12.1. The molecule has 3 heterocycles. The van der Waals surface area contributed by atoms with Crippen LogP contribution in [0.15, 0.2) is 9.59 Å². The largest absolute Gasteiger partial charge is 0.459 e. The number of hydrogen-bond donors (Lipinski definition) is 1. The van der Waals surface area contributed by atoms with E-state index in [2.05, 4.69) is 5.32 Å². The lowest BCUT2D eigenvalue weighted by atomic mass is 10.2. The van der Waals surface area contributed by atoms with Crippen LogP contribution in [0.4, 0.5) is 0 Å². The number of aromatic nitrogens is 2. The van der Waals surface area contributed by atoms with Crippen LogP contribution >= 0.6 is 11.3 Å². The maximum atomic E-state index is 13.4. The van der Waals surface area contributed by atoms with Crippen LogP contribution in [-0.4, -0.2) is 40.0 Å². The van der Waals surface area contributed by atoms with Crippen molar-refractivity contribution in [2.75, 3.05) is 13.2 Å². The predicted octanol–water partition coefficient (Wildman–Crippen LogP) is 2.65. The maximum absolute atomic E-state index is 13.4. The van der Waals surface area contributed by atoms with Gasteiger partial charge in [0.15, 0.2) is 0 Å². The summed E-state index contributed by atoms with van der Waals surface area (Å²) in [5.74, 6) is -0.324. The summed E-state index contributed by atoms with van der Waals surface area (Å²) >= 11 is 1.45. The molecule has 2 aromatic heterocycles. The van der Waals surface area contributed by atoms with Gasteiger partial charge < -0.3 is 14.8 Å². The molecule has 32 heavy (non-hydrogen) atoms. The molecule has 2 fully saturated rings. The molecule has 4 rings (SSSR count). The van der Waals surface area contributed by atoms with Gasteiger partial charge in [0.2, 0.25) is 0 Å². The van der Waals surface area contributed by atoms with Gasteiger partial charge in [-0.2, -0.15) is 0 Å². The first-order valence-electron chi connectivity index (χ1n) is 11.3. The van der Waals surface area contributed by atoms with Crippen molar-refractivity contribution in [3.05, 3.63) is 31.3 Å². The number of ether oxygens (including phenoxy) is 2. The Balaban J connectivity index is 1.68. The second-order valence-electron chi connectivity index (χ2n) is 10.2. The van der Waals surface area contributed by atoms with E-state index in [9.17, 15) is 14.4 Å². The highest BCUT2D eigenvalue weighted by Gasteiger charge is 2.43. The lowest BCUT2D eigenvalue weighted by Gasteiger charge is -2.19. The molecule has 0 spiro atoms. The maximum Gasteiger partial charge on any atom is 0.332 e. The smallest absolute Gasteiger partial charge is 0.332 e. The van der Waals surface area contributed by atoms with Crippen molar-refractivity contribution in [2.24, 2.45) is 0 Å².